The van der Waals surface area contributed by atoms with Crippen LogP contribution in [0.25, 0.3) is 0 Å². The number of hydrogen-bond acceptors (Lipinski definition) is 2. The fraction of sp³-hybridized carbons (Fsp3) is 0.462. The highest BCUT2D eigenvalue weighted by atomic mass is 35.5. The number of carbonyl (C=O) groups excluding carboxylic acids is 1. The summed E-state index contributed by atoms with van der Waals surface area (Å²) in [5.41, 5.74) is 0.891. The Morgan fingerprint density at radius 2 is 2.22 bits per heavy atom. The molecule has 0 unspecified atom stereocenters. The van der Waals surface area contributed by atoms with Crippen LogP contribution in [0.1, 0.15) is 25.3 Å². The van der Waals surface area contributed by atoms with Gasteiger partial charge in [-0.05, 0) is 24.1 Å². The zero-order chi connectivity index (χ0) is 13.4. The van der Waals surface area contributed by atoms with Crippen LogP contribution in [-0.4, -0.2) is 22.4 Å². The van der Waals surface area contributed by atoms with Gasteiger partial charge in [-0.2, -0.15) is 0 Å². The summed E-state index contributed by atoms with van der Waals surface area (Å²) < 4.78 is 11.8. The van der Waals surface area contributed by atoms with Gasteiger partial charge in [0.25, 0.3) is 0 Å². The first kappa shape index (κ1) is 15.2. The maximum atomic E-state index is 11.8. The predicted octanol–water partition coefficient (Wildman–Crippen LogP) is 2.51. The normalized spacial score (nSPS) is 12.1. The third kappa shape index (κ3) is 6.17. The second kappa shape index (κ2) is 8.27. The van der Waals surface area contributed by atoms with E-state index >= 15 is 0 Å². The highest BCUT2D eigenvalue weighted by Gasteiger charge is 2.08. The van der Waals surface area contributed by atoms with Gasteiger partial charge >= 0.3 is 0 Å². The molecule has 0 aliphatic heterocycles. The van der Waals surface area contributed by atoms with Gasteiger partial charge in [0, 0.05) is 28.1 Å². The van der Waals surface area contributed by atoms with Gasteiger partial charge in [-0.15, -0.1) is 0 Å². The van der Waals surface area contributed by atoms with Gasteiger partial charge in [-0.25, -0.2) is 0 Å². The number of nitrogens with one attached hydrogen (secondary N) is 1. The Hall–Kier alpha value is -0.870. The number of hydrogen-bond donors (Lipinski definition) is 1. The number of amides is 1. The van der Waals surface area contributed by atoms with E-state index in [1.807, 2.05) is 12.1 Å². The third-order valence-corrected chi connectivity index (χ3v) is 3.84. The van der Waals surface area contributed by atoms with Crippen molar-refractivity contribution >= 4 is 28.3 Å². The Labute approximate surface area is 115 Å². The minimum absolute atomic E-state index is 0.0518. The number of rotatable bonds is 7. The molecule has 0 radical (unpaired) electrons. The molecule has 0 spiro atoms. The third-order valence-electron chi connectivity index (χ3n) is 2.36. The van der Waals surface area contributed by atoms with E-state index in [0.29, 0.717) is 17.3 Å². The van der Waals surface area contributed by atoms with Crippen molar-refractivity contribution in [2.45, 2.75) is 25.5 Å². The van der Waals surface area contributed by atoms with E-state index in [0.717, 1.165) is 18.4 Å². The van der Waals surface area contributed by atoms with Crippen LogP contribution >= 0.6 is 11.6 Å². The van der Waals surface area contributed by atoms with Crippen LogP contribution < -0.4 is 5.32 Å². The van der Waals surface area contributed by atoms with Crippen LogP contribution in [0.15, 0.2) is 24.3 Å². The van der Waals surface area contributed by atoms with E-state index in [-0.39, 0.29) is 11.7 Å². The largest absolute Gasteiger partial charge is 0.355 e. The first-order valence-electron chi connectivity index (χ1n) is 5.98. The van der Waals surface area contributed by atoms with E-state index in [1.54, 1.807) is 12.1 Å². The minimum atomic E-state index is -1.19. The summed E-state index contributed by atoms with van der Waals surface area (Å²) in [6, 6.07) is 7.22. The van der Waals surface area contributed by atoms with Gasteiger partial charge in [0.1, 0.15) is 5.75 Å². The maximum absolute atomic E-state index is 11.8. The summed E-state index contributed by atoms with van der Waals surface area (Å²) >= 11 is 5.84. The molecule has 0 bridgehead atoms. The highest BCUT2D eigenvalue weighted by Crippen LogP contribution is 2.12. The lowest BCUT2D eigenvalue weighted by Gasteiger charge is -2.05. The second-order valence-corrected chi connectivity index (χ2v) is 5.96. The molecule has 100 valence electrons. The summed E-state index contributed by atoms with van der Waals surface area (Å²) in [7, 11) is -1.19. The van der Waals surface area contributed by atoms with Gasteiger partial charge in [-0.3, -0.25) is 9.00 Å². The van der Waals surface area contributed by atoms with E-state index in [4.69, 9.17) is 11.6 Å². The van der Waals surface area contributed by atoms with Crippen molar-refractivity contribution in [3.05, 3.63) is 34.9 Å². The van der Waals surface area contributed by atoms with Crippen LogP contribution in [0.4, 0.5) is 0 Å². The van der Waals surface area contributed by atoms with Crippen molar-refractivity contribution in [2.75, 3.05) is 12.3 Å². The Morgan fingerprint density at radius 3 is 2.89 bits per heavy atom. The molecule has 3 nitrogen and oxygen atoms in total. The van der Waals surface area contributed by atoms with Crippen LogP contribution in [0.3, 0.4) is 0 Å². The van der Waals surface area contributed by atoms with Gasteiger partial charge in [0.15, 0.2) is 0 Å². The van der Waals surface area contributed by atoms with Crippen molar-refractivity contribution < 1.29 is 9.00 Å². The van der Waals surface area contributed by atoms with Gasteiger partial charge in [0.05, 0.1) is 0 Å². The highest BCUT2D eigenvalue weighted by molar-refractivity contribution is 7.84. The van der Waals surface area contributed by atoms with Crippen molar-refractivity contribution in [1.82, 2.24) is 5.32 Å². The smallest absolute Gasteiger partial charge is 0.232 e. The lowest BCUT2D eigenvalue weighted by molar-refractivity contribution is -0.118. The summed E-state index contributed by atoms with van der Waals surface area (Å²) in [6.07, 6.45) is 1.98. The first-order chi connectivity index (χ1) is 8.61. The zero-order valence-corrected chi connectivity index (χ0v) is 12.0. The molecular formula is C13H18ClNO2S. The number of halogens is 1. The quantitative estimate of drug-likeness (QED) is 0.783. The van der Waals surface area contributed by atoms with E-state index in [2.05, 4.69) is 12.2 Å². The molecule has 1 rings (SSSR count). The summed E-state index contributed by atoms with van der Waals surface area (Å²) in [5.74, 6) is 0.265. The Kier molecular flexibility index (Phi) is 6.98. The van der Waals surface area contributed by atoms with Crippen molar-refractivity contribution in [2.24, 2.45) is 0 Å². The number of unbranched alkanes of at least 4 members (excludes halogenated alkanes) is 1. The molecule has 1 aromatic rings. The molecule has 0 saturated carbocycles. The second-order valence-electron chi connectivity index (χ2n) is 4.06. The summed E-state index contributed by atoms with van der Waals surface area (Å²) in [6.45, 7) is 2.72. The monoisotopic (exact) mass is 287 g/mol. The van der Waals surface area contributed by atoms with Gasteiger partial charge < -0.3 is 5.32 Å². The van der Waals surface area contributed by atoms with Crippen molar-refractivity contribution in [1.29, 1.82) is 0 Å². The lowest BCUT2D eigenvalue weighted by atomic mass is 10.2. The number of carbonyl (C=O) groups is 1. The molecule has 18 heavy (non-hydrogen) atoms. The topological polar surface area (TPSA) is 46.2 Å². The Morgan fingerprint density at radius 1 is 1.44 bits per heavy atom. The molecule has 0 aromatic heterocycles. The average molecular weight is 288 g/mol. The molecule has 1 aromatic carbocycles. The molecule has 0 heterocycles. The summed E-state index contributed by atoms with van der Waals surface area (Å²) in [4.78, 5) is 11.5. The lowest BCUT2D eigenvalue weighted by Crippen LogP contribution is -2.29. The van der Waals surface area contributed by atoms with Crippen molar-refractivity contribution in [3.63, 3.8) is 0 Å². The number of benzene rings is 1. The molecule has 0 saturated heterocycles. The fourth-order valence-corrected chi connectivity index (χ4v) is 2.73. The van der Waals surface area contributed by atoms with Crippen LogP contribution in [0.2, 0.25) is 5.02 Å². The minimum Gasteiger partial charge on any atom is -0.355 e. The van der Waals surface area contributed by atoms with Gasteiger partial charge in [0.2, 0.25) is 5.91 Å². The molecule has 0 aliphatic rings. The first-order valence-corrected chi connectivity index (χ1v) is 7.84. The Bertz CT molecular complexity index is 423. The standard InChI is InChI=1S/C13H18ClNO2S/c1-2-3-7-15-13(16)10-18(17)9-11-5-4-6-12(14)8-11/h4-6,8H,2-3,7,9-10H2,1H3,(H,15,16)/t18-/m1/s1. The maximum Gasteiger partial charge on any atom is 0.232 e. The average Bonchev–Trinajstić information content (AvgIpc) is 2.29. The van der Waals surface area contributed by atoms with Crippen LogP contribution in [0, 0.1) is 0 Å². The van der Waals surface area contributed by atoms with Gasteiger partial charge in [-0.1, -0.05) is 37.1 Å². The molecule has 1 amide bonds. The summed E-state index contributed by atoms with van der Waals surface area (Å²) in [5, 5.41) is 3.38. The zero-order valence-electron chi connectivity index (χ0n) is 10.4. The SMILES string of the molecule is CCCCNC(=O)C[S@](=O)Cc1cccc(Cl)c1. The predicted molar refractivity (Wildman–Crippen MR) is 76.1 cm³/mol. The van der Waals surface area contributed by atoms with E-state index in [9.17, 15) is 9.00 Å². The molecule has 1 N–H and O–H groups in total. The van der Waals surface area contributed by atoms with Crippen molar-refractivity contribution in [3.8, 4) is 0 Å². The molecule has 0 fully saturated rings. The molecule has 5 heteroatoms. The molecule has 1 atom stereocenters. The van der Waals surface area contributed by atoms with Crippen LogP contribution in [0.5, 0.6) is 0 Å². The Balaban J connectivity index is 2.35. The van der Waals surface area contributed by atoms with Crippen LogP contribution in [-0.2, 0) is 21.3 Å². The van der Waals surface area contributed by atoms with E-state index < -0.39 is 10.8 Å². The molecule has 0 aliphatic carbocycles. The van der Waals surface area contributed by atoms with E-state index in [1.165, 1.54) is 0 Å². The molecular weight excluding hydrogens is 270 g/mol. The fourth-order valence-electron chi connectivity index (χ4n) is 1.47.